The number of carboxylic acid groups (broad SMARTS) is 1. The summed E-state index contributed by atoms with van der Waals surface area (Å²) in [6, 6.07) is 1.35. The highest BCUT2D eigenvalue weighted by molar-refractivity contribution is 5.80. The minimum Gasteiger partial charge on any atom is -0.478 e. The molecule has 0 aliphatic heterocycles. The lowest BCUT2D eigenvalue weighted by Crippen LogP contribution is -2.14. The molecular weight excluding hydrogens is 414 g/mol. The Hall–Kier alpha value is -2.99. The summed E-state index contributed by atoms with van der Waals surface area (Å²) in [5.74, 6) is -1.12. The number of alkyl halides is 6. The third-order valence-corrected chi connectivity index (χ3v) is 4.52. The summed E-state index contributed by atoms with van der Waals surface area (Å²) in [6.07, 6.45) is -5.39. The molecule has 3 nitrogen and oxygen atoms in total. The Kier molecular flexibility index (Phi) is 5.81. The maximum Gasteiger partial charge on any atom is 0.416 e. The van der Waals surface area contributed by atoms with Gasteiger partial charge in [-0.05, 0) is 54.3 Å². The van der Waals surface area contributed by atoms with Gasteiger partial charge in [0, 0.05) is 17.2 Å². The third-order valence-electron chi connectivity index (χ3n) is 4.52. The molecule has 0 amide bonds. The first-order valence-corrected chi connectivity index (χ1v) is 8.71. The SMILES string of the molecule is O=C(O)/C=C/C1=C=C=C2C(=C1)CCC2OCc1cc(C(F)(F)F)cc(C(F)(F)F)c1. The monoisotopic (exact) mass is 428 g/mol. The number of carbonyl (C=O) groups is 1. The van der Waals surface area contributed by atoms with Crippen molar-refractivity contribution < 1.29 is 41.0 Å². The predicted molar refractivity (Wildman–Crippen MR) is 93.2 cm³/mol. The fraction of sp³-hybridized carbons (Fsp3) is 0.286. The minimum atomic E-state index is -4.92. The van der Waals surface area contributed by atoms with Crippen LogP contribution in [0.2, 0.25) is 0 Å². The Morgan fingerprint density at radius 3 is 2.30 bits per heavy atom. The predicted octanol–water partition coefficient (Wildman–Crippen LogP) is 5.59. The van der Waals surface area contributed by atoms with Gasteiger partial charge in [-0.15, -0.1) is 0 Å². The lowest BCUT2D eigenvalue weighted by molar-refractivity contribution is -0.143. The zero-order valence-corrected chi connectivity index (χ0v) is 15.2. The highest BCUT2D eigenvalue weighted by atomic mass is 19.4. The van der Waals surface area contributed by atoms with E-state index in [0.717, 1.165) is 11.6 Å². The summed E-state index contributed by atoms with van der Waals surface area (Å²) in [5.41, 5.74) is 4.48. The number of carboxylic acids is 1. The van der Waals surface area contributed by atoms with Gasteiger partial charge >= 0.3 is 18.3 Å². The van der Waals surface area contributed by atoms with Crippen molar-refractivity contribution in [2.75, 3.05) is 0 Å². The first-order chi connectivity index (χ1) is 13.9. The van der Waals surface area contributed by atoms with Crippen LogP contribution in [0.25, 0.3) is 0 Å². The van der Waals surface area contributed by atoms with Crippen molar-refractivity contribution in [1.29, 1.82) is 0 Å². The number of rotatable bonds is 5. The van der Waals surface area contributed by atoms with Crippen molar-refractivity contribution in [3.05, 3.63) is 81.3 Å². The molecule has 0 bridgehead atoms. The van der Waals surface area contributed by atoms with E-state index in [1.807, 2.05) is 0 Å². The molecule has 1 atom stereocenters. The van der Waals surface area contributed by atoms with Crippen LogP contribution >= 0.6 is 0 Å². The first-order valence-electron chi connectivity index (χ1n) is 8.71. The number of allylic oxidation sites excluding steroid dienone is 3. The molecule has 2 aliphatic rings. The number of halogens is 6. The van der Waals surface area contributed by atoms with E-state index < -0.39 is 42.2 Å². The molecular formula is C21H14F6O3. The molecule has 0 saturated heterocycles. The van der Waals surface area contributed by atoms with Gasteiger partial charge < -0.3 is 9.84 Å². The van der Waals surface area contributed by atoms with Gasteiger partial charge in [0.2, 0.25) is 0 Å². The molecule has 0 radical (unpaired) electrons. The summed E-state index contributed by atoms with van der Waals surface area (Å²) < 4.78 is 83.4. The van der Waals surface area contributed by atoms with Crippen LogP contribution in [-0.2, 0) is 28.5 Å². The molecule has 30 heavy (non-hydrogen) atoms. The Bertz CT molecular complexity index is 998. The number of fused-ring (bicyclic) bond motifs is 1. The zero-order chi connectivity index (χ0) is 22.1. The number of hydrogen-bond donors (Lipinski definition) is 1. The molecule has 1 aromatic carbocycles. The van der Waals surface area contributed by atoms with Crippen molar-refractivity contribution in [2.24, 2.45) is 0 Å². The van der Waals surface area contributed by atoms with Gasteiger partial charge in [0.05, 0.1) is 23.8 Å². The van der Waals surface area contributed by atoms with Crippen molar-refractivity contribution in [3.8, 4) is 0 Å². The summed E-state index contributed by atoms with van der Waals surface area (Å²) in [5, 5.41) is 8.66. The van der Waals surface area contributed by atoms with E-state index in [2.05, 4.69) is 11.5 Å². The Labute approximate surface area is 167 Å². The number of ether oxygens (including phenoxy) is 1. The van der Waals surface area contributed by atoms with Gasteiger partial charge in [0.15, 0.2) is 0 Å². The molecule has 1 aromatic rings. The van der Waals surface area contributed by atoms with Crippen LogP contribution in [-0.4, -0.2) is 17.2 Å². The summed E-state index contributed by atoms with van der Waals surface area (Å²) in [4.78, 5) is 10.6. The quantitative estimate of drug-likeness (QED) is 0.378. The molecule has 0 aromatic heterocycles. The lowest BCUT2D eigenvalue weighted by atomic mass is 10.0. The van der Waals surface area contributed by atoms with Crippen LogP contribution in [0, 0.1) is 0 Å². The van der Waals surface area contributed by atoms with E-state index in [0.29, 0.717) is 36.1 Å². The van der Waals surface area contributed by atoms with E-state index in [4.69, 9.17) is 9.84 Å². The highest BCUT2D eigenvalue weighted by Crippen LogP contribution is 2.38. The maximum absolute atomic E-state index is 13.0. The number of benzene rings is 1. The van der Waals surface area contributed by atoms with Crippen LogP contribution in [0.1, 0.15) is 29.5 Å². The van der Waals surface area contributed by atoms with E-state index in [1.54, 1.807) is 6.08 Å². The van der Waals surface area contributed by atoms with E-state index >= 15 is 0 Å². The molecule has 158 valence electrons. The largest absolute Gasteiger partial charge is 0.478 e. The summed E-state index contributed by atoms with van der Waals surface area (Å²) in [6.45, 7) is -0.439. The third kappa shape index (κ3) is 5.13. The second-order valence-electron chi connectivity index (χ2n) is 6.71. The fourth-order valence-electron chi connectivity index (χ4n) is 3.16. The van der Waals surface area contributed by atoms with Crippen molar-refractivity contribution >= 4 is 5.97 Å². The van der Waals surface area contributed by atoms with Gasteiger partial charge in [-0.25, -0.2) is 4.79 Å². The molecule has 1 saturated carbocycles. The van der Waals surface area contributed by atoms with Gasteiger partial charge in [-0.2, -0.15) is 26.3 Å². The number of aliphatic carboxylic acids is 1. The Morgan fingerprint density at radius 1 is 1.10 bits per heavy atom. The van der Waals surface area contributed by atoms with Crippen LogP contribution in [0.4, 0.5) is 26.3 Å². The molecule has 1 unspecified atom stereocenters. The minimum absolute atomic E-state index is 0.0727. The molecule has 2 aliphatic carbocycles. The summed E-state index contributed by atoms with van der Waals surface area (Å²) >= 11 is 0. The van der Waals surface area contributed by atoms with Crippen LogP contribution in [0.15, 0.2) is 64.6 Å². The zero-order valence-electron chi connectivity index (χ0n) is 15.2. The van der Waals surface area contributed by atoms with Gasteiger partial charge in [-0.3, -0.25) is 0 Å². The van der Waals surface area contributed by atoms with Crippen LogP contribution in [0.5, 0.6) is 0 Å². The van der Waals surface area contributed by atoms with E-state index in [9.17, 15) is 31.1 Å². The number of hydrogen-bond acceptors (Lipinski definition) is 2. The second kappa shape index (κ2) is 8.03. The second-order valence-corrected chi connectivity index (χ2v) is 6.71. The highest BCUT2D eigenvalue weighted by Gasteiger charge is 2.37. The van der Waals surface area contributed by atoms with E-state index in [1.165, 1.54) is 6.08 Å². The molecule has 1 fully saturated rings. The van der Waals surface area contributed by atoms with Crippen LogP contribution < -0.4 is 0 Å². The Balaban J connectivity index is 1.82. The lowest BCUT2D eigenvalue weighted by Gasteiger charge is -2.16. The Morgan fingerprint density at radius 2 is 1.73 bits per heavy atom. The van der Waals surface area contributed by atoms with Crippen molar-refractivity contribution in [1.82, 2.24) is 0 Å². The molecule has 1 N–H and O–H groups in total. The first kappa shape index (κ1) is 21.7. The van der Waals surface area contributed by atoms with E-state index in [-0.39, 0.29) is 11.6 Å². The van der Waals surface area contributed by atoms with Crippen molar-refractivity contribution in [3.63, 3.8) is 0 Å². The fourth-order valence-corrected chi connectivity index (χ4v) is 3.16. The maximum atomic E-state index is 13.0. The normalized spacial score (nSPS) is 18.9. The molecule has 9 heteroatoms. The van der Waals surface area contributed by atoms with Crippen LogP contribution in [0.3, 0.4) is 0 Å². The molecule has 0 heterocycles. The van der Waals surface area contributed by atoms with Crippen molar-refractivity contribution in [2.45, 2.75) is 37.9 Å². The standard InChI is InChI=1S/C21H14F6O3/c22-20(23,24)15-8-13(9-16(10-15)21(25,26)27)11-30-18-5-3-14-7-12(1-4-17(14)18)2-6-19(28)29/h2,6-10,18H,3,5,11H2,(H,28,29)/b6-2+. The molecule has 3 rings (SSSR count). The van der Waals surface area contributed by atoms with Gasteiger partial charge in [0.1, 0.15) is 0 Å². The average Bonchev–Trinajstić information content (AvgIpc) is 3.05. The summed E-state index contributed by atoms with van der Waals surface area (Å²) in [7, 11) is 0. The topological polar surface area (TPSA) is 46.5 Å². The van der Waals surface area contributed by atoms with Gasteiger partial charge in [0.25, 0.3) is 0 Å². The molecule has 0 spiro atoms. The average molecular weight is 428 g/mol. The smallest absolute Gasteiger partial charge is 0.416 e. The van der Waals surface area contributed by atoms with Gasteiger partial charge in [-0.1, -0.05) is 11.5 Å².